The first-order chi connectivity index (χ1) is 48.0. The molecule has 576 valence electrons. The van der Waals surface area contributed by atoms with Gasteiger partial charge in [-0.3, -0.25) is 57.5 Å². The third-order valence-electron chi connectivity index (χ3n) is 23.1. The van der Waals surface area contributed by atoms with Gasteiger partial charge in [-0.1, -0.05) is 119 Å². The zero-order valence-electron chi connectivity index (χ0n) is 64.4. The van der Waals surface area contributed by atoms with Crippen molar-refractivity contribution in [3.63, 3.8) is 0 Å². The van der Waals surface area contributed by atoms with Crippen molar-refractivity contribution in [2.45, 2.75) is 268 Å². The van der Waals surface area contributed by atoms with Crippen molar-refractivity contribution in [3.8, 4) is 0 Å². The minimum Gasteiger partial charge on any atom is -0.377 e. The second-order valence-electron chi connectivity index (χ2n) is 31.7. The molecule has 6 rings (SSSR count). The number of rotatable bonds is 15. The highest BCUT2D eigenvalue weighted by atomic mass is 35.5. The van der Waals surface area contributed by atoms with Crippen molar-refractivity contribution in [1.82, 2.24) is 60.0 Å². The average Bonchev–Trinajstić information content (AvgIpc) is 0.876. The Hall–Kier alpha value is -6.08. The number of carbonyl (C=O) groups excluding carboxylic acids is 12. The van der Waals surface area contributed by atoms with Crippen molar-refractivity contribution in [3.05, 3.63) is 12.2 Å². The van der Waals surface area contributed by atoms with E-state index in [1.165, 1.54) is 95.6 Å². The fraction of sp³-hybridized carbons (Fsp3) is 0.813. The van der Waals surface area contributed by atoms with Crippen LogP contribution in [0.15, 0.2) is 12.2 Å². The minimum absolute atomic E-state index is 0.0336. The van der Waals surface area contributed by atoms with Gasteiger partial charge in [-0.15, -0.1) is 23.2 Å². The predicted octanol–water partition coefficient (Wildman–Crippen LogP) is 6.19. The number of nitrogens with one attached hydrogen (secondary N) is 3. The Balaban J connectivity index is 1.48. The van der Waals surface area contributed by atoms with Crippen LogP contribution in [-0.4, -0.2) is 275 Å². The van der Waals surface area contributed by atoms with Gasteiger partial charge in [0.2, 0.25) is 70.9 Å². The van der Waals surface area contributed by atoms with Crippen LogP contribution in [0.2, 0.25) is 0 Å². The summed E-state index contributed by atoms with van der Waals surface area (Å²) in [5, 5.41) is 8.50. The number of likely N-dealkylation sites (N-methyl/N-ethyl adjacent to an activating group) is 7. The van der Waals surface area contributed by atoms with Crippen molar-refractivity contribution in [1.29, 1.82) is 0 Å². The normalized spacial score (nSPS) is 31.6. The van der Waals surface area contributed by atoms with Crippen molar-refractivity contribution in [2.24, 2.45) is 35.0 Å². The van der Waals surface area contributed by atoms with Crippen molar-refractivity contribution >= 4 is 94.1 Å². The number of amides is 12. The zero-order chi connectivity index (χ0) is 76.0. The molecule has 13 atom stereocenters. The summed E-state index contributed by atoms with van der Waals surface area (Å²) >= 11 is 13.3. The van der Waals surface area contributed by atoms with E-state index in [0.717, 1.165) is 32.1 Å². The molecular weight excluding hydrogens is 1350 g/mol. The quantitative estimate of drug-likeness (QED) is 0.122. The molecule has 2 saturated heterocycles. The van der Waals surface area contributed by atoms with Gasteiger partial charge < -0.3 is 64.8 Å². The second-order valence-corrected chi connectivity index (χ2v) is 32.8. The largest absolute Gasteiger partial charge is 0.377 e. The van der Waals surface area contributed by atoms with Gasteiger partial charge in [0.1, 0.15) is 53.9 Å². The lowest BCUT2D eigenvalue weighted by molar-refractivity contribution is -0.161. The highest BCUT2D eigenvalue weighted by Crippen LogP contribution is 2.50. The summed E-state index contributed by atoms with van der Waals surface area (Å²) in [6.07, 6.45) is 11.5. The molecule has 0 radical (unpaired) electrons. The summed E-state index contributed by atoms with van der Waals surface area (Å²) in [4.78, 5) is 194. The number of ether oxygens (including phenoxy) is 1. The zero-order valence-corrected chi connectivity index (χ0v) is 65.9. The summed E-state index contributed by atoms with van der Waals surface area (Å²) in [5.41, 5.74) is -2.07. The van der Waals surface area contributed by atoms with E-state index in [0.29, 0.717) is 63.7 Å². The molecule has 0 aromatic carbocycles. The number of hydrogen-bond acceptors (Lipinski definition) is 13. The topological polar surface area (TPSA) is 279 Å². The molecule has 5 fully saturated rings. The molecular formula is C75H124Cl2N12O13. The first kappa shape index (κ1) is 84.9. The van der Waals surface area contributed by atoms with Gasteiger partial charge >= 0.3 is 0 Å². The first-order valence-electron chi connectivity index (χ1n) is 37.8. The van der Waals surface area contributed by atoms with Gasteiger partial charge in [-0.05, 0) is 113 Å². The Morgan fingerprint density at radius 3 is 1.87 bits per heavy atom. The van der Waals surface area contributed by atoms with Gasteiger partial charge in [-0.25, -0.2) is 0 Å². The van der Waals surface area contributed by atoms with E-state index in [-0.39, 0.29) is 80.8 Å². The molecule has 25 nitrogen and oxygen atoms in total. The maximum atomic E-state index is 15.8. The Bertz CT molecular complexity index is 2990. The van der Waals surface area contributed by atoms with E-state index >= 15 is 28.8 Å². The summed E-state index contributed by atoms with van der Waals surface area (Å²) in [5.74, 6) is -7.61. The lowest BCUT2D eigenvalue weighted by atomic mass is 9.58. The molecule has 2 bridgehead atoms. The number of halogens is 2. The van der Waals surface area contributed by atoms with E-state index < -0.39 is 168 Å². The Kier molecular flexibility index (Phi) is 31.4. The number of carbonyl (C=O) groups is 12. The number of nitrogens with zero attached hydrogens (tertiary/aromatic N) is 9. The highest BCUT2D eigenvalue weighted by molar-refractivity contribution is 6.30. The summed E-state index contributed by atoms with van der Waals surface area (Å²) in [6.45, 7) is 16.5. The standard InChI is InChI=1S/C75H124Cl2N12O13/c1-18-26-55-65(93)79-63(47(7)19-2)71(99)83(13)43-62(92)85(15)56-27-24-23-25-36-88(70(56)98)59(38-49-30-28-46(6)29-31-49)69(97)82(12)42-60(90)78-54(35-33-48-32-34-52(76)53(77)37-48)67(95)89-41-51(102-22-5)39-57(89)66(94)80-75(44-74(8,9)45-75)73(101)87(17)64(50(20-3)21-4)72(100)86(16)58(68(96)81(10)11)40-61(91)84(55)14/h23-24,46-59,63-64H,18-22,25-45H2,1-17H3,(H,78,90)(H,79,93)(H,80,94)/b24-23-/t46?,47-,48?,49?,51+,52?,53?,54-,55-,56-,57-,58-,59-,63-,64-/m0/s1. The Morgan fingerprint density at radius 1 is 0.647 bits per heavy atom. The third kappa shape index (κ3) is 20.9. The van der Waals surface area contributed by atoms with Crippen molar-refractivity contribution in [2.75, 3.05) is 89.2 Å². The molecule has 3 N–H and O–H groups in total. The molecule has 6 aliphatic rings. The smallest absolute Gasteiger partial charge is 0.248 e. The van der Waals surface area contributed by atoms with Gasteiger partial charge in [-0.2, -0.15) is 0 Å². The Labute approximate surface area is 617 Å². The minimum atomic E-state index is -1.59. The molecule has 1 spiro atoms. The van der Waals surface area contributed by atoms with Crippen LogP contribution >= 0.6 is 23.2 Å². The molecule has 0 aromatic rings. The SMILES string of the molecule is CCC[C@H]1C(=O)N[C@@H]([C@@H](C)CC)C(=O)N(C)CC(=O)N(C)[C@H]2C/C=C\CCN(C2=O)[C@@H](CC2CCC(C)CC2)C(=O)N(C)CC(=O)N[C@@H](CCC2CCC(Cl)C(Cl)C2)C(=O)N2C[C@H](OCC)C[C@H]2C(=O)NC2(CC(C)(C)C2)C(=O)N(C)[C@@H](C(CC)CC)C(=O)N(C)[C@H](C(=O)N(C)C)CC(=O)N1C. The molecule has 3 heterocycles. The van der Waals surface area contributed by atoms with Crippen LogP contribution in [0.3, 0.4) is 0 Å². The fourth-order valence-corrected chi connectivity index (χ4v) is 17.3. The molecule has 27 heteroatoms. The molecule has 0 aromatic heterocycles. The van der Waals surface area contributed by atoms with Crippen LogP contribution in [0, 0.1) is 35.0 Å². The number of alkyl halides is 2. The van der Waals surface area contributed by atoms with E-state index in [4.69, 9.17) is 27.9 Å². The maximum Gasteiger partial charge on any atom is 0.248 e. The summed E-state index contributed by atoms with van der Waals surface area (Å²) in [7, 11) is 11.8. The van der Waals surface area contributed by atoms with Crippen LogP contribution < -0.4 is 16.0 Å². The number of hydrogen-bond donors (Lipinski definition) is 3. The summed E-state index contributed by atoms with van der Waals surface area (Å²) in [6, 6.07) is -9.61. The predicted molar refractivity (Wildman–Crippen MR) is 392 cm³/mol. The van der Waals surface area contributed by atoms with Crippen LogP contribution in [0.1, 0.15) is 197 Å². The molecule has 3 saturated carbocycles. The van der Waals surface area contributed by atoms with Crippen LogP contribution in [0.4, 0.5) is 0 Å². The van der Waals surface area contributed by atoms with Gasteiger partial charge in [0, 0.05) is 87.9 Å². The van der Waals surface area contributed by atoms with E-state index in [2.05, 4.69) is 22.9 Å². The highest BCUT2D eigenvalue weighted by Gasteiger charge is 2.59. The third-order valence-corrected chi connectivity index (χ3v) is 24.3. The van der Waals surface area contributed by atoms with Crippen molar-refractivity contribution < 1.29 is 62.3 Å². The maximum absolute atomic E-state index is 15.8. The fourth-order valence-electron chi connectivity index (χ4n) is 16.7. The van der Waals surface area contributed by atoms with E-state index in [9.17, 15) is 28.8 Å². The van der Waals surface area contributed by atoms with Crippen LogP contribution in [0.5, 0.6) is 0 Å². The monoisotopic (exact) mass is 1470 g/mol. The molecule has 3 aliphatic carbocycles. The Morgan fingerprint density at radius 2 is 1.28 bits per heavy atom. The molecule has 12 amide bonds. The first-order valence-corrected chi connectivity index (χ1v) is 38.7. The number of fused-ring (bicyclic) bond motifs is 3. The summed E-state index contributed by atoms with van der Waals surface area (Å²) < 4.78 is 6.17. The van der Waals surface area contributed by atoms with Gasteiger partial charge in [0.25, 0.3) is 0 Å². The lowest BCUT2D eigenvalue weighted by Gasteiger charge is -2.54. The van der Waals surface area contributed by atoms with E-state index in [1.807, 2.05) is 53.7 Å². The van der Waals surface area contributed by atoms with E-state index in [1.54, 1.807) is 18.7 Å². The lowest BCUT2D eigenvalue weighted by Crippen LogP contribution is -2.71. The van der Waals surface area contributed by atoms with Crippen LogP contribution in [0.25, 0.3) is 0 Å². The van der Waals surface area contributed by atoms with Gasteiger partial charge in [0.05, 0.1) is 31.0 Å². The van der Waals surface area contributed by atoms with Gasteiger partial charge in [0.15, 0.2) is 0 Å². The molecule has 102 heavy (non-hydrogen) atoms. The molecule has 3 aliphatic heterocycles. The average molecular weight is 1470 g/mol. The second kappa shape index (κ2) is 37.8. The van der Waals surface area contributed by atoms with Crippen LogP contribution in [-0.2, 0) is 62.3 Å². The molecule has 3 unspecified atom stereocenters.